The van der Waals surface area contributed by atoms with Gasteiger partial charge in [0.05, 0.1) is 5.54 Å². The van der Waals surface area contributed by atoms with Gasteiger partial charge in [-0.15, -0.1) is 0 Å². The van der Waals surface area contributed by atoms with Gasteiger partial charge in [0.2, 0.25) is 5.91 Å². The van der Waals surface area contributed by atoms with Crippen molar-refractivity contribution in [1.82, 2.24) is 15.1 Å². The topological polar surface area (TPSA) is 52.7 Å². The molecule has 140 valence electrons. The number of rotatable bonds is 2. The molecule has 1 aromatic rings. The van der Waals surface area contributed by atoms with Gasteiger partial charge in [-0.2, -0.15) is 0 Å². The lowest BCUT2D eigenvalue weighted by Crippen LogP contribution is -2.70. The molecule has 3 aliphatic rings. The smallest absolute Gasteiger partial charge is 0.320 e. The van der Waals surface area contributed by atoms with Gasteiger partial charge in [0.25, 0.3) is 0 Å². The minimum atomic E-state index is -0.142. The van der Waals surface area contributed by atoms with E-state index in [9.17, 15) is 9.59 Å². The summed E-state index contributed by atoms with van der Waals surface area (Å²) < 4.78 is 0. The highest BCUT2D eigenvalue weighted by molar-refractivity contribution is 6.35. The van der Waals surface area contributed by atoms with Gasteiger partial charge in [-0.25, -0.2) is 4.79 Å². The van der Waals surface area contributed by atoms with Gasteiger partial charge in [-0.3, -0.25) is 4.79 Å². The van der Waals surface area contributed by atoms with E-state index in [4.69, 9.17) is 23.2 Å². The molecule has 0 atom stereocenters. The molecule has 26 heavy (non-hydrogen) atoms. The molecule has 1 aromatic carbocycles. The predicted molar refractivity (Wildman–Crippen MR) is 102 cm³/mol. The maximum atomic E-state index is 12.7. The van der Waals surface area contributed by atoms with Gasteiger partial charge < -0.3 is 15.1 Å². The number of piperidine rings is 1. The summed E-state index contributed by atoms with van der Waals surface area (Å²) in [7, 11) is 0. The van der Waals surface area contributed by atoms with Gasteiger partial charge in [-0.05, 0) is 49.3 Å². The van der Waals surface area contributed by atoms with Crippen LogP contribution in [0.2, 0.25) is 10.0 Å². The number of carbonyl (C=O) groups is 2. The third-order valence-corrected chi connectivity index (χ3v) is 6.49. The number of urea groups is 1. The fourth-order valence-corrected chi connectivity index (χ4v) is 4.84. The lowest BCUT2D eigenvalue weighted by molar-refractivity contribution is -0.120. The summed E-state index contributed by atoms with van der Waals surface area (Å²) in [6, 6.07) is 5.78. The number of nitrogens with zero attached hydrogens (tertiary/aromatic N) is 2. The van der Waals surface area contributed by atoms with Crippen LogP contribution in [-0.4, -0.2) is 53.5 Å². The first-order chi connectivity index (χ1) is 12.4. The Morgan fingerprint density at radius 1 is 1.19 bits per heavy atom. The number of carbonyl (C=O) groups excluding carboxylic acids is 2. The van der Waals surface area contributed by atoms with E-state index in [1.165, 1.54) is 0 Å². The Morgan fingerprint density at radius 3 is 2.54 bits per heavy atom. The minimum absolute atomic E-state index is 0.110. The van der Waals surface area contributed by atoms with Crippen molar-refractivity contribution in [2.45, 2.75) is 37.6 Å². The molecule has 3 fully saturated rings. The summed E-state index contributed by atoms with van der Waals surface area (Å²) in [5, 5.41) is 4.40. The molecule has 3 aliphatic heterocycles. The molecule has 0 aromatic heterocycles. The van der Waals surface area contributed by atoms with Crippen LogP contribution in [0.1, 0.15) is 31.2 Å². The van der Waals surface area contributed by atoms with Crippen LogP contribution in [0.25, 0.3) is 0 Å². The van der Waals surface area contributed by atoms with E-state index in [0.29, 0.717) is 30.5 Å². The van der Waals surface area contributed by atoms with E-state index in [-0.39, 0.29) is 17.5 Å². The molecule has 0 radical (unpaired) electrons. The van der Waals surface area contributed by atoms with Crippen molar-refractivity contribution < 1.29 is 9.59 Å². The van der Waals surface area contributed by atoms with Crippen LogP contribution in [0.15, 0.2) is 18.2 Å². The average molecular weight is 396 g/mol. The lowest BCUT2D eigenvalue weighted by atomic mass is 9.88. The Morgan fingerprint density at radius 2 is 1.92 bits per heavy atom. The molecule has 1 N–H and O–H groups in total. The highest BCUT2D eigenvalue weighted by Crippen LogP contribution is 2.32. The van der Waals surface area contributed by atoms with Crippen LogP contribution in [0.3, 0.4) is 0 Å². The number of halogens is 2. The summed E-state index contributed by atoms with van der Waals surface area (Å²) in [5.41, 5.74) is 0.985. The Labute approximate surface area is 163 Å². The van der Waals surface area contributed by atoms with Crippen molar-refractivity contribution in [1.29, 1.82) is 0 Å². The van der Waals surface area contributed by atoms with Crippen LogP contribution >= 0.6 is 23.2 Å². The first kappa shape index (κ1) is 17.9. The zero-order valence-corrected chi connectivity index (χ0v) is 16.2. The number of likely N-dealkylation sites (tertiary alicyclic amines) is 2. The van der Waals surface area contributed by atoms with Gasteiger partial charge in [0.1, 0.15) is 0 Å². The number of hydrogen-bond acceptors (Lipinski definition) is 2. The second-order valence-electron chi connectivity index (χ2n) is 7.84. The molecule has 3 saturated heterocycles. The summed E-state index contributed by atoms with van der Waals surface area (Å²) in [6.07, 6.45) is 4.33. The largest absolute Gasteiger partial charge is 0.347 e. The lowest BCUT2D eigenvalue weighted by Gasteiger charge is -2.49. The fourth-order valence-electron chi connectivity index (χ4n) is 4.36. The summed E-state index contributed by atoms with van der Waals surface area (Å²) in [4.78, 5) is 27.9. The van der Waals surface area contributed by atoms with Crippen LogP contribution in [0.5, 0.6) is 0 Å². The van der Waals surface area contributed by atoms with Gasteiger partial charge >= 0.3 is 6.03 Å². The van der Waals surface area contributed by atoms with Gasteiger partial charge in [0.15, 0.2) is 0 Å². The second-order valence-corrected chi connectivity index (χ2v) is 8.68. The van der Waals surface area contributed by atoms with Crippen molar-refractivity contribution >= 4 is 35.1 Å². The van der Waals surface area contributed by atoms with Gasteiger partial charge in [-0.1, -0.05) is 29.3 Å². The standard InChI is InChI=1S/C19H23Cl2N3O2/c20-15-2-1-14(16(21)10-15)9-13-4-7-23(8-5-13)18(26)24-11-19(12-24)6-3-17(25)22-19/h1-2,10,13H,3-9,11-12H2,(H,22,25). The monoisotopic (exact) mass is 395 g/mol. The maximum absolute atomic E-state index is 12.7. The van der Waals surface area contributed by atoms with Crippen molar-refractivity contribution in [3.63, 3.8) is 0 Å². The predicted octanol–water partition coefficient (Wildman–Crippen LogP) is 3.33. The van der Waals surface area contributed by atoms with E-state index in [1.54, 1.807) is 6.07 Å². The third-order valence-electron chi connectivity index (χ3n) is 5.90. The number of hydrogen-bond donors (Lipinski definition) is 1. The van der Waals surface area contributed by atoms with E-state index in [2.05, 4.69) is 5.32 Å². The molecular weight excluding hydrogens is 373 g/mol. The van der Waals surface area contributed by atoms with Crippen molar-refractivity contribution in [3.8, 4) is 0 Å². The van der Waals surface area contributed by atoms with Crippen LogP contribution in [-0.2, 0) is 11.2 Å². The first-order valence-corrected chi connectivity index (χ1v) is 9.98. The third kappa shape index (κ3) is 3.52. The minimum Gasteiger partial charge on any atom is -0.347 e. The van der Waals surface area contributed by atoms with Crippen LogP contribution < -0.4 is 5.32 Å². The molecule has 7 heteroatoms. The zero-order chi connectivity index (χ0) is 18.3. The molecular formula is C19H23Cl2N3O2. The summed E-state index contributed by atoms with van der Waals surface area (Å²) in [6.45, 7) is 2.87. The average Bonchev–Trinajstić information content (AvgIpc) is 2.98. The van der Waals surface area contributed by atoms with Crippen LogP contribution in [0.4, 0.5) is 4.79 Å². The fraction of sp³-hybridized carbons (Fsp3) is 0.579. The number of nitrogens with one attached hydrogen (secondary N) is 1. The van der Waals surface area contributed by atoms with Gasteiger partial charge in [0, 0.05) is 42.6 Å². The Bertz CT molecular complexity index is 725. The molecule has 0 bridgehead atoms. The van der Waals surface area contributed by atoms with Crippen molar-refractivity contribution in [2.75, 3.05) is 26.2 Å². The molecule has 3 amide bonds. The summed E-state index contributed by atoms with van der Waals surface area (Å²) in [5.74, 6) is 0.647. The first-order valence-electron chi connectivity index (χ1n) is 9.23. The zero-order valence-electron chi connectivity index (χ0n) is 14.6. The number of amides is 3. The highest BCUT2D eigenvalue weighted by atomic mass is 35.5. The molecule has 5 nitrogen and oxygen atoms in total. The van der Waals surface area contributed by atoms with Crippen LogP contribution in [0, 0.1) is 5.92 Å². The van der Waals surface area contributed by atoms with E-state index < -0.39 is 0 Å². The highest BCUT2D eigenvalue weighted by Gasteiger charge is 2.50. The maximum Gasteiger partial charge on any atom is 0.320 e. The molecule has 3 heterocycles. The molecule has 4 rings (SSSR count). The molecule has 0 unspecified atom stereocenters. The second kappa shape index (κ2) is 6.93. The normalized spacial score (nSPS) is 22.5. The van der Waals surface area contributed by atoms with E-state index >= 15 is 0 Å². The quantitative estimate of drug-likeness (QED) is 0.834. The Balaban J connectivity index is 1.26. The Kier molecular flexibility index (Phi) is 4.78. The molecule has 0 saturated carbocycles. The van der Waals surface area contributed by atoms with Crippen molar-refractivity contribution in [3.05, 3.63) is 33.8 Å². The molecule has 1 spiro atoms. The number of benzene rings is 1. The molecule has 0 aliphatic carbocycles. The SMILES string of the molecule is O=C1CCC2(CN(C(=O)N3CCC(Cc4ccc(Cl)cc4Cl)CC3)C2)N1. The van der Waals surface area contributed by atoms with Crippen molar-refractivity contribution in [2.24, 2.45) is 5.92 Å². The summed E-state index contributed by atoms with van der Waals surface area (Å²) >= 11 is 12.2. The van der Waals surface area contributed by atoms with E-state index in [0.717, 1.165) is 49.4 Å². The van der Waals surface area contributed by atoms with E-state index in [1.807, 2.05) is 21.9 Å². The Hall–Kier alpha value is -1.46.